The standard InChI is InChI=1S/C14H15BrN2O/c15-12-3-1-10(2-4-12)11-7-13(8-11)16-9-14-5-6-17-18-14/h1-6,11,13,16H,7-9H2. The van der Waals surface area contributed by atoms with Gasteiger partial charge in [-0.25, -0.2) is 0 Å². The largest absolute Gasteiger partial charge is 0.360 e. The molecule has 94 valence electrons. The fourth-order valence-electron chi connectivity index (χ4n) is 2.37. The van der Waals surface area contributed by atoms with Crippen molar-refractivity contribution >= 4 is 15.9 Å². The first-order valence-corrected chi connectivity index (χ1v) is 6.99. The SMILES string of the molecule is Brc1ccc(C2CC(NCc3ccno3)C2)cc1. The molecule has 3 nitrogen and oxygen atoms in total. The second kappa shape index (κ2) is 5.24. The molecule has 1 aliphatic rings. The van der Waals surface area contributed by atoms with E-state index in [1.807, 2.05) is 6.07 Å². The van der Waals surface area contributed by atoms with E-state index < -0.39 is 0 Å². The van der Waals surface area contributed by atoms with Gasteiger partial charge in [0.2, 0.25) is 0 Å². The maximum atomic E-state index is 5.06. The van der Waals surface area contributed by atoms with E-state index in [-0.39, 0.29) is 0 Å². The molecule has 1 fully saturated rings. The maximum absolute atomic E-state index is 5.06. The minimum absolute atomic E-state index is 0.601. The van der Waals surface area contributed by atoms with E-state index in [4.69, 9.17) is 4.52 Å². The van der Waals surface area contributed by atoms with E-state index in [9.17, 15) is 0 Å². The normalized spacial score (nSPS) is 22.7. The third-order valence-electron chi connectivity index (χ3n) is 3.54. The number of hydrogen-bond acceptors (Lipinski definition) is 3. The number of benzene rings is 1. The molecule has 1 N–H and O–H groups in total. The van der Waals surface area contributed by atoms with E-state index >= 15 is 0 Å². The van der Waals surface area contributed by atoms with E-state index in [2.05, 4.69) is 50.7 Å². The Morgan fingerprint density at radius 1 is 1.22 bits per heavy atom. The van der Waals surface area contributed by atoms with Gasteiger partial charge >= 0.3 is 0 Å². The highest BCUT2D eigenvalue weighted by molar-refractivity contribution is 9.10. The van der Waals surface area contributed by atoms with Crippen molar-refractivity contribution in [1.82, 2.24) is 10.5 Å². The molecule has 0 bridgehead atoms. The number of nitrogens with zero attached hydrogens (tertiary/aromatic N) is 1. The third kappa shape index (κ3) is 2.65. The number of aromatic nitrogens is 1. The maximum Gasteiger partial charge on any atom is 0.150 e. The van der Waals surface area contributed by atoms with Crippen LogP contribution in [0.2, 0.25) is 0 Å². The lowest BCUT2D eigenvalue weighted by Crippen LogP contribution is -2.39. The van der Waals surface area contributed by atoms with E-state index in [0.717, 1.165) is 16.8 Å². The molecule has 4 heteroatoms. The minimum Gasteiger partial charge on any atom is -0.360 e. The molecule has 0 atom stereocenters. The van der Waals surface area contributed by atoms with Crippen LogP contribution in [-0.4, -0.2) is 11.2 Å². The second-order valence-corrected chi connectivity index (χ2v) is 5.69. The fraction of sp³-hybridized carbons (Fsp3) is 0.357. The molecule has 0 saturated heterocycles. The smallest absolute Gasteiger partial charge is 0.150 e. The van der Waals surface area contributed by atoms with Crippen LogP contribution in [0.25, 0.3) is 0 Å². The Hall–Kier alpha value is -1.13. The van der Waals surface area contributed by atoms with Crippen LogP contribution in [-0.2, 0) is 6.54 Å². The Labute approximate surface area is 115 Å². The zero-order valence-electron chi connectivity index (χ0n) is 9.97. The van der Waals surface area contributed by atoms with Gasteiger partial charge < -0.3 is 9.84 Å². The van der Waals surface area contributed by atoms with Crippen molar-refractivity contribution in [3.63, 3.8) is 0 Å². The summed E-state index contributed by atoms with van der Waals surface area (Å²) in [5.41, 5.74) is 1.44. The predicted molar refractivity (Wildman–Crippen MR) is 73.2 cm³/mol. The van der Waals surface area contributed by atoms with Crippen molar-refractivity contribution in [2.75, 3.05) is 0 Å². The van der Waals surface area contributed by atoms with Crippen LogP contribution in [0.5, 0.6) is 0 Å². The summed E-state index contributed by atoms with van der Waals surface area (Å²) in [6, 6.07) is 11.2. The van der Waals surface area contributed by atoms with E-state index in [0.29, 0.717) is 12.0 Å². The molecule has 0 aliphatic heterocycles. The molecule has 0 amide bonds. The van der Waals surface area contributed by atoms with Gasteiger partial charge in [0.25, 0.3) is 0 Å². The van der Waals surface area contributed by atoms with E-state index in [1.165, 1.54) is 18.4 Å². The zero-order valence-corrected chi connectivity index (χ0v) is 11.6. The van der Waals surface area contributed by atoms with Gasteiger partial charge in [-0.2, -0.15) is 0 Å². The molecule has 0 radical (unpaired) electrons. The van der Waals surface area contributed by atoms with Gasteiger partial charge in [-0.15, -0.1) is 0 Å². The molecule has 1 heterocycles. The van der Waals surface area contributed by atoms with Crippen molar-refractivity contribution in [1.29, 1.82) is 0 Å². The van der Waals surface area contributed by atoms with Crippen LogP contribution in [0.3, 0.4) is 0 Å². The lowest BCUT2D eigenvalue weighted by atomic mass is 9.76. The summed E-state index contributed by atoms with van der Waals surface area (Å²) in [5, 5.41) is 7.18. The molecule has 1 aliphatic carbocycles. The van der Waals surface area contributed by atoms with E-state index in [1.54, 1.807) is 6.20 Å². The quantitative estimate of drug-likeness (QED) is 0.940. The highest BCUT2D eigenvalue weighted by Gasteiger charge is 2.29. The molecule has 3 rings (SSSR count). The van der Waals surface area contributed by atoms with Gasteiger partial charge in [-0.3, -0.25) is 0 Å². The van der Waals surface area contributed by atoms with Crippen molar-refractivity contribution < 1.29 is 4.52 Å². The summed E-state index contributed by atoms with van der Waals surface area (Å²) in [7, 11) is 0. The molecular weight excluding hydrogens is 292 g/mol. The van der Waals surface area contributed by atoms with Crippen LogP contribution in [0, 0.1) is 0 Å². The van der Waals surface area contributed by atoms with Crippen molar-refractivity contribution in [3.05, 3.63) is 52.3 Å². The average Bonchev–Trinajstić information content (AvgIpc) is 2.82. The van der Waals surface area contributed by atoms with Crippen LogP contribution < -0.4 is 5.32 Å². The Bertz CT molecular complexity index is 489. The Morgan fingerprint density at radius 3 is 2.67 bits per heavy atom. The number of halogens is 1. The first-order valence-electron chi connectivity index (χ1n) is 6.19. The van der Waals surface area contributed by atoms with Crippen LogP contribution in [0.4, 0.5) is 0 Å². The summed E-state index contributed by atoms with van der Waals surface area (Å²) >= 11 is 3.46. The summed E-state index contributed by atoms with van der Waals surface area (Å²) in [6.45, 7) is 0.776. The second-order valence-electron chi connectivity index (χ2n) is 4.78. The summed E-state index contributed by atoms with van der Waals surface area (Å²) in [5.74, 6) is 1.60. The minimum atomic E-state index is 0.601. The number of hydrogen-bond donors (Lipinski definition) is 1. The fourth-order valence-corrected chi connectivity index (χ4v) is 2.63. The molecule has 2 aromatic rings. The topological polar surface area (TPSA) is 38.1 Å². The van der Waals surface area contributed by atoms with Gasteiger partial charge in [0.05, 0.1) is 12.7 Å². The van der Waals surface area contributed by atoms with Gasteiger partial charge in [0.1, 0.15) is 5.76 Å². The molecule has 1 aromatic heterocycles. The van der Waals surface area contributed by atoms with Crippen molar-refractivity contribution in [3.8, 4) is 0 Å². The summed E-state index contributed by atoms with van der Waals surface area (Å²) in [6.07, 6.45) is 4.09. The van der Waals surface area contributed by atoms with Crippen molar-refractivity contribution in [2.45, 2.75) is 31.3 Å². The van der Waals surface area contributed by atoms with Crippen molar-refractivity contribution in [2.24, 2.45) is 0 Å². The zero-order chi connectivity index (χ0) is 12.4. The monoisotopic (exact) mass is 306 g/mol. The number of rotatable bonds is 4. The summed E-state index contributed by atoms with van der Waals surface area (Å²) < 4.78 is 6.20. The van der Waals surface area contributed by atoms with Gasteiger partial charge in [-0.1, -0.05) is 33.2 Å². The van der Waals surface area contributed by atoms with Crippen LogP contribution in [0.15, 0.2) is 45.5 Å². The van der Waals surface area contributed by atoms with Crippen LogP contribution in [0.1, 0.15) is 30.1 Å². The Balaban J connectivity index is 1.47. The predicted octanol–water partition coefficient (Wildman–Crippen LogP) is 3.47. The Kier molecular flexibility index (Phi) is 3.48. The summed E-state index contributed by atoms with van der Waals surface area (Å²) in [4.78, 5) is 0. The lowest BCUT2D eigenvalue weighted by molar-refractivity contribution is 0.274. The average molecular weight is 307 g/mol. The molecule has 1 aromatic carbocycles. The van der Waals surface area contributed by atoms with Gasteiger partial charge in [0, 0.05) is 16.6 Å². The lowest BCUT2D eigenvalue weighted by Gasteiger charge is -2.36. The molecular formula is C14H15BrN2O. The molecule has 0 spiro atoms. The molecule has 1 saturated carbocycles. The third-order valence-corrected chi connectivity index (χ3v) is 4.06. The molecule has 0 unspecified atom stereocenters. The van der Waals surface area contributed by atoms with Gasteiger partial charge in [-0.05, 0) is 36.5 Å². The Morgan fingerprint density at radius 2 is 2.00 bits per heavy atom. The van der Waals surface area contributed by atoms with Gasteiger partial charge in [0.15, 0.2) is 0 Å². The molecule has 18 heavy (non-hydrogen) atoms. The highest BCUT2D eigenvalue weighted by Crippen LogP contribution is 2.37. The highest BCUT2D eigenvalue weighted by atomic mass is 79.9. The number of nitrogens with one attached hydrogen (secondary N) is 1. The first-order chi connectivity index (χ1) is 8.81. The van der Waals surface area contributed by atoms with Crippen LogP contribution >= 0.6 is 15.9 Å². The first kappa shape index (κ1) is 11.9.